The van der Waals surface area contributed by atoms with Crippen LogP contribution in [-0.4, -0.2) is 17.4 Å². The predicted octanol–water partition coefficient (Wildman–Crippen LogP) is 1.77. The summed E-state index contributed by atoms with van der Waals surface area (Å²) in [5, 5.41) is 10.4. The number of benzene rings is 1. The van der Waals surface area contributed by atoms with Gasteiger partial charge in [0, 0.05) is 6.07 Å². The van der Waals surface area contributed by atoms with Gasteiger partial charge >= 0.3 is 0 Å². The normalized spacial score (nSPS) is 10.1. The second kappa shape index (κ2) is 4.13. The summed E-state index contributed by atoms with van der Waals surface area (Å²) in [6, 6.07) is 6.18. The predicted molar refractivity (Wildman–Crippen MR) is 52.9 cm³/mol. The Balaban J connectivity index is 2.85. The molecule has 13 heavy (non-hydrogen) atoms. The first-order valence-corrected chi connectivity index (χ1v) is 5.56. The van der Waals surface area contributed by atoms with Crippen LogP contribution in [0, 0.1) is 10.1 Å². The molecule has 1 rings (SSSR count). The van der Waals surface area contributed by atoms with Crippen LogP contribution in [0.1, 0.15) is 0 Å². The minimum atomic E-state index is -0.434. The summed E-state index contributed by atoms with van der Waals surface area (Å²) >= 11 is -0.211. The molecule has 0 N–H and O–H groups in total. The molecule has 0 bridgehead atoms. The van der Waals surface area contributed by atoms with Crippen molar-refractivity contribution >= 4 is 16.9 Å². The van der Waals surface area contributed by atoms with E-state index in [9.17, 15) is 10.1 Å². The van der Waals surface area contributed by atoms with Gasteiger partial charge in [0.25, 0.3) is 5.69 Å². The van der Waals surface area contributed by atoms with Crippen molar-refractivity contribution in [3.63, 3.8) is 0 Å². The Morgan fingerprint density at radius 2 is 2.15 bits per heavy atom. The second-order valence-corrected chi connectivity index (χ2v) is 4.23. The molecule has 0 spiro atoms. The first-order valence-electron chi connectivity index (χ1n) is 3.60. The molecule has 1 aromatic rings. The molecule has 0 aromatic heterocycles. The third kappa shape index (κ3) is 2.95. The Bertz CT molecular complexity index is 314. The first kappa shape index (κ1) is 9.85. The van der Waals surface area contributed by atoms with Gasteiger partial charge in [-0.3, -0.25) is 14.3 Å². The van der Waals surface area contributed by atoms with Crippen LogP contribution in [0.15, 0.2) is 24.3 Å². The van der Waals surface area contributed by atoms with Gasteiger partial charge in [-0.05, 0) is 6.07 Å². The van der Waals surface area contributed by atoms with E-state index < -0.39 is 4.92 Å². The van der Waals surface area contributed by atoms with Crippen LogP contribution in [0.2, 0.25) is 0 Å². The van der Waals surface area contributed by atoms with Gasteiger partial charge < -0.3 is 0 Å². The van der Waals surface area contributed by atoms with Gasteiger partial charge in [0.1, 0.15) is 12.5 Å². The molecule has 4 nitrogen and oxygen atoms in total. The van der Waals surface area contributed by atoms with E-state index in [4.69, 9.17) is 4.18 Å². The van der Waals surface area contributed by atoms with Crippen molar-refractivity contribution in [1.82, 2.24) is 0 Å². The van der Waals surface area contributed by atoms with E-state index in [2.05, 4.69) is 0 Å². The Morgan fingerprint density at radius 3 is 2.69 bits per heavy atom. The van der Waals surface area contributed by atoms with Crippen LogP contribution in [0.3, 0.4) is 0 Å². The zero-order valence-electron chi connectivity index (χ0n) is 7.39. The van der Waals surface area contributed by atoms with E-state index in [1.807, 2.05) is 12.5 Å². The minimum absolute atomic E-state index is 0.0583. The standard InChI is InChI=1S/C8H10NO3S/c1-13(2)12-8-5-3-4-7(6-8)9(10)11/h3-6H,1-2H3/q+1. The molecule has 70 valence electrons. The molecule has 0 fully saturated rings. The molecule has 0 amide bonds. The van der Waals surface area contributed by atoms with Crippen molar-refractivity contribution in [2.45, 2.75) is 0 Å². The van der Waals surface area contributed by atoms with Crippen LogP contribution in [0.5, 0.6) is 5.75 Å². The summed E-state index contributed by atoms with van der Waals surface area (Å²) in [6.45, 7) is 0. The number of rotatable bonds is 3. The summed E-state index contributed by atoms with van der Waals surface area (Å²) in [4.78, 5) is 9.96. The molecule has 0 saturated carbocycles. The molecule has 0 radical (unpaired) electrons. The fraction of sp³-hybridized carbons (Fsp3) is 0.250. The van der Waals surface area contributed by atoms with Gasteiger partial charge in [0.2, 0.25) is 0 Å². The van der Waals surface area contributed by atoms with Gasteiger partial charge in [-0.25, -0.2) is 0 Å². The highest BCUT2D eigenvalue weighted by atomic mass is 32.2. The lowest BCUT2D eigenvalue weighted by Crippen LogP contribution is -2.04. The van der Waals surface area contributed by atoms with Crippen LogP contribution < -0.4 is 4.18 Å². The maximum Gasteiger partial charge on any atom is 0.273 e. The van der Waals surface area contributed by atoms with Crippen molar-refractivity contribution in [1.29, 1.82) is 0 Å². The number of nitrogens with zero attached hydrogens (tertiary/aromatic N) is 1. The van der Waals surface area contributed by atoms with Crippen LogP contribution in [0.25, 0.3) is 0 Å². The molecule has 1 aromatic carbocycles. The van der Waals surface area contributed by atoms with E-state index >= 15 is 0 Å². The molecular formula is C8H10NO3S+. The summed E-state index contributed by atoms with van der Waals surface area (Å²) in [6.07, 6.45) is 3.80. The summed E-state index contributed by atoms with van der Waals surface area (Å²) in [7, 11) is 0. The van der Waals surface area contributed by atoms with Crippen LogP contribution in [-0.2, 0) is 11.2 Å². The van der Waals surface area contributed by atoms with Crippen molar-refractivity contribution in [2.24, 2.45) is 0 Å². The lowest BCUT2D eigenvalue weighted by molar-refractivity contribution is -0.384. The molecule has 0 saturated heterocycles. The third-order valence-electron chi connectivity index (χ3n) is 1.29. The van der Waals surface area contributed by atoms with E-state index in [-0.39, 0.29) is 16.9 Å². The SMILES string of the molecule is C[S+](C)Oc1cccc([N+](=O)[O-])c1. The van der Waals surface area contributed by atoms with E-state index in [0.717, 1.165) is 0 Å². The summed E-state index contributed by atoms with van der Waals surface area (Å²) in [5.74, 6) is 0.544. The second-order valence-electron chi connectivity index (χ2n) is 2.58. The van der Waals surface area contributed by atoms with Gasteiger partial charge in [-0.1, -0.05) is 6.07 Å². The van der Waals surface area contributed by atoms with Crippen molar-refractivity contribution < 1.29 is 9.11 Å². The Kier molecular flexibility index (Phi) is 3.13. The molecule has 5 heteroatoms. The average Bonchev–Trinajstić information content (AvgIpc) is 2.03. The zero-order chi connectivity index (χ0) is 9.84. The molecule has 0 heterocycles. The Labute approximate surface area is 79.2 Å². The Morgan fingerprint density at radius 1 is 1.46 bits per heavy atom. The number of hydrogen-bond acceptors (Lipinski definition) is 3. The van der Waals surface area contributed by atoms with Gasteiger partial charge in [-0.15, -0.1) is 0 Å². The largest absolute Gasteiger partial charge is 0.286 e. The van der Waals surface area contributed by atoms with Gasteiger partial charge in [0.15, 0.2) is 16.9 Å². The molecule has 0 aliphatic carbocycles. The quantitative estimate of drug-likeness (QED) is 0.424. The lowest BCUT2D eigenvalue weighted by atomic mass is 10.3. The fourth-order valence-corrected chi connectivity index (χ4v) is 1.33. The van der Waals surface area contributed by atoms with Crippen LogP contribution in [0.4, 0.5) is 5.69 Å². The monoisotopic (exact) mass is 200 g/mol. The number of non-ortho nitro benzene ring substituents is 1. The number of nitro benzene ring substituents is 1. The number of nitro groups is 1. The van der Waals surface area contributed by atoms with Crippen LogP contribution >= 0.6 is 0 Å². The third-order valence-corrected chi connectivity index (χ3v) is 1.82. The topological polar surface area (TPSA) is 52.4 Å². The highest BCUT2D eigenvalue weighted by Crippen LogP contribution is 2.19. The van der Waals surface area contributed by atoms with Crippen molar-refractivity contribution in [3.05, 3.63) is 34.4 Å². The zero-order valence-corrected chi connectivity index (χ0v) is 8.21. The first-order chi connectivity index (χ1) is 6.09. The average molecular weight is 200 g/mol. The van der Waals surface area contributed by atoms with E-state index in [1.54, 1.807) is 12.1 Å². The highest BCUT2D eigenvalue weighted by molar-refractivity contribution is 7.91. The maximum absolute atomic E-state index is 10.4. The summed E-state index contributed by atoms with van der Waals surface area (Å²) < 4.78 is 5.33. The van der Waals surface area contributed by atoms with Crippen molar-refractivity contribution in [3.8, 4) is 5.75 Å². The van der Waals surface area contributed by atoms with E-state index in [1.165, 1.54) is 12.1 Å². The highest BCUT2D eigenvalue weighted by Gasteiger charge is 2.11. The smallest absolute Gasteiger partial charge is 0.273 e. The molecule has 0 atom stereocenters. The van der Waals surface area contributed by atoms with Gasteiger partial charge in [0.05, 0.1) is 11.0 Å². The molecule has 0 aliphatic rings. The maximum atomic E-state index is 10.4. The van der Waals surface area contributed by atoms with Gasteiger partial charge in [-0.2, -0.15) is 0 Å². The molecular weight excluding hydrogens is 190 g/mol. The summed E-state index contributed by atoms with van der Waals surface area (Å²) in [5.41, 5.74) is 0.0583. The van der Waals surface area contributed by atoms with Crippen molar-refractivity contribution in [2.75, 3.05) is 12.5 Å². The lowest BCUT2D eigenvalue weighted by Gasteiger charge is -1.98. The minimum Gasteiger partial charge on any atom is -0.286 e. The fourth-order valence-electron chi connectivity index (χ4n) is 0.841. The van der Waals surface area contributed by atoms with E-state index in [0.29, 0.717) is 5.75 Å². The molecule has 0 unspecified atom stereocenters. The number of hydrogen-bond donors (Lipinski definition) is 0. The molecule has 0 aliphatic heterocycles. The Hall–Kier alpha value is -1.23.